The van der Waals surface area contributed by atoms with Crippen molar-refractivity contribution in [2.75, 3.05) is 13.1 Å². The summed E-state index contributed by atoms with van der Waals surface area (Å²) in [5.74, 6) is 0.185. The highest BCUT2D eigenvalue weighted by atomic mass is 32.2. The van der Waals surface area contributed by atoms with Crippen LogP contribution in [-0.4, -0.2) is 38.5 Å². The maximum atomic E-state index is 13.0. The molecule has 1 aliphatic rings. The lowest BCUT2D eigenvalue weighted by Crippen LogP contribution is -2.38. The van der Waals surface area contributed by atoms with Gasteiger partial charge in [-0.05, 0) is 55.4 Å². The van der Waals surface area contributed by atoms with Crippen molar-refractivity contribution >= 4 is 17.5 Å². The number of ketones is 1. The third-order valence-corrected chi connectivity index (χ3v) is 6.20. The smallest absolute Gasteiger partial charge is 0.416 e. The van der Waals surface area contributed by atoms with Gasteiger partial charge in [-0.15, -0.1) is 10.2 Å². The number of carbonyl (C=O) groups is 1. The minimum atomic E-state index is -4.46. The van der Waals surface area contributed by atoms with E-state index in [0.29, 0.717) is 29.8 Å². The monoisotopic (exact) mass is 450 g/mol. The lowest BCUT2D eigenvalue weighted by molar-refractivity contribution is -0.137. The number of piperidine rings is 1. The Balaban J connectivity index is 1.39. The summed E-state index contributed by atoms with van der Waals surface area (Å²) in [7, 11) is 1.85. The van der Waals surface area contributed by atoms with Crippen LogP contribution >= 0.6 is 11.8 Å². The highest BCUT2D eigenvalue weighted by Gasteiger charge is 2.32. The van der Waals surface area contributed by atoms with Crippen molar-refractivity contribution in [3.8, 4) is 0 Å². The Hall–Kier alpha value is -2.59. The number of hydrogen-bond donors (Lipinski definition) is 0. The molecule has 31 heavy (non-hydrogen) atoms. The predicted molar refractivity (Wildman–Crippen MR) is 108 cm³/mol. The summed E-state index contributed by atoms with van der Waals surface area (Å²) in [6.45, 7) is 1.83. The summed E-state index contributed by atoms with van der Waals surface area (Å²) in [6.07, 6.45) is -1.38. The zero-order valence-electron chi connectivity index (χ0n) is 16.8. The van der Waals surface area contributed by atoms with Crippen molar-refractivity contribution in [2.24, 2.45) is 13.0 Å². The fourth-order valence-electron chi connectivity index (χ4n) is 3.67. The third kappa shape index (κ3) is 5.19. The third-order valence-electron chi connectivity index (χ3n) is 5.23. The van der Waals surface area contributed by atoms with Crippen LogP contribution in [0, 0.1) is 5.92 Å². The van der Waals surface area contributed by atoms with Crippen LogP contribution < -0.4 is 0 Å². The lowest BCUT2D eigenvalue weighted by Gasteiger charge is -2.31. The Morgan fingerprint density at radius 2 is 2.13 bits per heavy atom. The van der Waals surface area contributed by atoms with Crippen LogP contribution in [0.3, 0.4) is 0 Å². The second kappa shape index (κ2) is 8.88. The van der Waals surface area contributed by atoms with Gasteiger partial charge in [0.2, 0.25) is 0 Å². The van der Waals surface area contributed by atoms with Gasteiger partial charge in [0.05, 0.1) is 12.1 Å². The number of likely N-dealkylation sites (tertiary alicyclic amines) is 1. The number of aryl methyl sites for hydroxylation is 1. The first kappa shape index (κ1) is 21.6. The van der Waals surface area contributed by atoms with Crippen molar-refractivity contribution in [3.63, 3.8) is 0 Å². The van der Waals surface area contributed by atoms with Gasteiger partial charge < -0.3 is 8.98 Å². The SMILES string of the molecule is Cn1cnnc1Sc1ccc(CN2CCC[C@H](C(=O)c3cccc(C(F)(F)F)c3)C2)o1. The second-order valence-electron chi connectivity index (χ2n) is 7.56. The van der Waals surface area contributed by atoms with E-state index in [1.165, 1.54) is 23.9 Å². The van der Waals surface area contributed by atoms with E-state index in [1.54, 1.807) is 10.9 Å². The van der Waals surface area contributed by atoms with Crippen LogP contribution in [0.15, 0.2) is 57.4 Å². The quantitative estimate of drug-likeness (QED) is 0.509. The number of benzene rings is 1. The molecule has 0 saturated carbocycles. The van der Waals surface area contributed by atoms with Crippen molar-refractivity contribution < 1.29 is 22.4 Å². The molecule has 0 spiro atoms. The van der Waals surface area contributed by atoms with E-state index < -0.39 is 11.7 Å². The average Bonchev–Trinajstić information content (AvgIpc) is 3.36. The van der Waals surface area contributed by atoms with Crippen LogP contribution in [0.2, 0.25) is 0 Å². The number of alkyl halides is 3. The zero-order chi connectivity index (χ0) is 22.0. The Labute approximate surface area is 181 Å². The molecule has 3 heterocycles. The lowest BCUT2D eigenvalue weighted by atomic mass is 9.89. The maximum absolute atomic E-state index is 13.0. The van der Waals surface area contributed by atoms with E-state index >= 15 is 0 Å². The van der Waals surface area contributed by atoms with Crippen LogP contribution in [0.1, 0.15) is 34.5 Å². The second-order valence-corrected chi connectivity index (χ2v) is 8.54. The van der Waals surface area contributed by atoms with Gasteiger partial charge in [0.25, 0.3) is 0 Å². The normalized spacial score (nSPS) is 17.7. The van der Waals surface area contributed by atoms with Crippen LogP contribution in [0.25, 0.3) is 0 Å². The standard InChI is InChI=1S/C21H21F3N4O2S/c1-27-13-25-26-20(27)31-18-8-7-17(30-18)12-28-9-3-5-15(11-28)19(29)14-4-2-6-16(10-14)21(22,23)24/h2,4,6-8,10,13,15H,3,5,9,11-12H2,1H3/t15-/m0/s1. The summed E-state index contributed by atoms with van der Waals surface area (Å²) in [6, 6.07) is 8.43. The number of Topliss-reactive ketones (excluding diaryl/α,β-unsaturated/α-hetero) is 1. The zero-order valence-corrected chi connectivity index (χ0v) is 17.6. The van der Waals surface area contributed by atoms with E-state index in [0.717, 1.165) is 30.9 Å². The molecule has 1 aromatic carbocycles. The fraction of sp³-hybridized carbons (Fsp3) is 0.381. The predicted octanol–water partition coefficient (Wildman–Crippen LogP) is 4.67. The Bertz CT molecular complexity index is 1060. The summed E-state index contributed by atoms with van der Waals surface area (Å²) in [4.78, 5) is 15.0. The molecule has 2 aromatic heterocycles. The van der Waals surface area contributed by atoms with Gasteiger partial charge in [-0.3, -0.25) is 9.69 Å². The number of hydrogen-bond acceptors (Lipinski definition) is 6. The van der Waals surface area contributed by atoms with Gasteiger partial charge in [0, 0.05) is 25.1 Å². The highest BCUT2D eigenvalue weighted by Crippen LogP contribution is 2.31. The summed E-state index contributed by atoms with van der Waals surface area (Å²) < 4.78 is 46.6. The number of furan rings is 1. The van der Waals surface area contributed by atoms with E-state index in [9.17, 15) is 18.0 Å². The molecule has 0 radical (unpaired) electrons. The van der Waals surface area contributed by atoms with E-state index in [1.807, 2.05) is 19.2 Å². The largest absolute Gasteiger partial charge is 0.453 e. The van der Waals surface area contributed by atoms with Crippen molar-refractivity contribution in [2.45, 2.75) is 35.8 Å². The molecular weight excluding hydrogens is 429 g/mol. The molecular formula is C21H21F3N4O2S. The van der Waals surface area contributed by atoms with Crippen LogP contribution in [0.5, 0.6) is 0 Å². The number of halogens is 3. The highest BCUT2D eigenvalue weighted by molar-refractivity contribution is 7.99. The van der Waals surface area contributed by atoms with Crippen LogP contribution in [0.4, 0.5) is 13.2 Å². The molecule has 3 aromatic rings. The molecule has 0 N–H and O–H groups in total. The Kier molecular flexibility index (Phi) is 6.19. The summed E-state index contributed by atoms with van der Waals surface area (Å²) >= 11 is 1.37. The van der Waals surface area contributed by atoms with Crippen molar-refractivity contribution in [3.05, 3.63) is 59.6 Å². The van der Waals surface area contributed by atoms with E-state index in [-0.39, 0.29) is 17.3 Å². The molecule has 0 unspecified atom stereocenters. The summed E-state index contributed by atoms with van der Waals surface area (Å²) in [5, 5.41) is 9.26. The van der Waals surface area contributed by atoms with Gasteiger partial charge in [0.15, 0.2) is 16.0 Å². The molecule has 10 heteroatoms. The van der Waals surface area contributed by atoms with Gasteiger partial charge >= 0.3 is 6.18 Å². The van der Waals surface area contributed by atoms with E-state index in [4.69, 9.17) is 4.42 Å². The van der Waals surface area contributed by atoms with Gasteiger partial charge in [-0.1, -0.05) is 12.1 Å². The molecule has 0 amide bonds. The van der Waals surface area contributed by atoms with Gasteiger partial charge in [-0.25, -0.2) is 0 Å². The molecule has 1 fully saturated rings. The first-order valence-corrected chi connectivity index (χ1v) is 10.7. The molecule has 6 nitrogen and oxygen atoms in total. The fourth-order valence-corrected chi connectivity index (χ4v) is 4.41. The van der Waals surface area contributed by atoms with E-state index in [2.05, 4.69) is 15.1 Å². The molecule has 0 aliphatic carbocycles. The molecule has 4 rings (SSSR count). The molecule has 164 valence electrons. The molecule has 1 saturated heterocycles. The molecule has 0 bridgehead atoms. The average molecular weight is 450 g/mol. The van der Waals surface area contributed by atoms with Gasteiger partial charge in [0.1, 0.15) is 12.1 Å². The van der Waals surface area contributed by atoms with Gasteiger partial charge in [-0.2, -0.15) is 13.2 Å². The number of carbonyl (C=O) groups excluding carboxylic acids is 1. The molecule has 1 atom stereocenters. The number of rotatable bonds is 6. The minimum absolute atomic E-state index is 0.113. The molecule has 1 aliphatic heterocycles. The Morgan fingerprint density at radius 1 is 1.29 bits per heavy atom. The topological polar surface area (TPSA) is 64.2 Å². The van der Waals surface area contributed by atoms with Crippen LogP contribution in [-0.2, 0) is 19.8 Å². The summed E-state index contributed by atoms with van der Waals surface area (Å²) in [5.41, 5.74) is -0.684. The Morgan fingerprint density at radius 3 is 2.87 bits per heavy atom. The first-order chi connectivity index (χ1) is 14.8. The number of aromatic nitrogens is 3. The van der Waals surface area contributed by atoms with Crippen molar-refractivity contribution in [1.82, 2.24) is 19.7 Å². The maximum Gasteiger partial charge on any atom is 0.416 e. The first-order valence-electron chi connectivity index (χ1n) is 9.84. The van der Waals surface area contributed by atoms with Crippen molar-refractivity contribution in [1.29, 1.82) is 0 Å². The minimum Gasteiger partial charge on any atom is -0.453 e. The number of nitrogens with zero attached hydrogens (tertiary/aromatic N) is 4.